The van der Waals surface area contributed by atoms with Gasteiger partial charge in [-0.1, -0.05) is 6.07 Å². The highest BCUT2D eigenvalue weighted by Crippen LogP contribution is 2.21. The predicted octanol–water partition coefficient (Wildman–Crippen LogP) is 2.17. The number of hydrogen-bond donors (Lipinski definition) is 1. The van der Waals surface area contributed by atoms with E-state index in [4.69, 9.17) is 0 Å². The Bertz CT molecular complexity index is 760. The van der Waals surface area contributed by atoms with Gasteiger partial charge in [0.15, 0.2) is 0 Å². The third kappa shape index (κ3) is 3.86. The van der Waals surface area contributed by atoms with E-state index in [0.29, 0.717) is 25.9 Å². The summed E-state index contributed by atoms with van der Waals surface area (Å²) in [6.45, 7) is 1.37. The number of rotatable bonds is 4. The summed E-state index contributed by atoms with van der Waals surface area (Å²) in [5.74, 6) is -0.262. The second-order valence-corrected chi connectivity index (χ2v) is 7.27. The SMILES string of the molecule is O=S(=O)(NC1CCN(c2cccc(F)c2)CC1)c1cccnc1. The number of anilines is 1. The number of piperidine rings is 1. The van der Waals surface area contributed by atoms with E-state index in [1.165, 1.54) is 30.6 Å². The molecule has 23 heavy (non-hydrogen) atoms. The number of benzene rings is 1. The number of hydrogen-bond acceptors (Lipinski definition) is 4. The predicted molar refractivity (Wildman–Crippen MR) is 86.2 cm³/mol. The van der Waals surface area contributed by atoms with E-state index < -0.39 is 10.0 Å². The van der Waals surface area contributed by atoms with E-state index >= 15 is 0 Å². The van der Waals surface area contributed by atoms with Crippen molar-refractivity contribution in [1.82, 2.24) is 9.71 Å². The van der Waals surface area contributed by atoms with Crippen LogP contribution in [0.1, 0.15) is 12.8 Å². The first-order valence-electron chi connectivity index (χ1n) is 7.47. The molecule has 1 aliphatic rings. The molecule has 122 valence electrons. The molecule has 1 fully saturated rings. The Hall–Kier alpha value is -1.99. The first kappa shape index (κ1) is 15.9. The van der Waals surface area contributed by atoms with Gasteiger partial charge >= 0.3 is 0 Å². The van der Waals surface area contributed by atoms with Crippen molar-refractivity contribution in [3.8, 4) is 0 Å². The van der Waals surface area contributed by atoms with E-state index in [-0.39, 0.29) is 16.8 Å². The van der Waals surface area contributed by atoms with E-state index in [9.17, 15) is 12.8 Å². The minimum atomic E-state index is -3.54. The topological polar surface area (TPSA) is 62.3 Å². The fourth-order valence-electron chi connectivity index (χ4n) is 2.72. The Labute approximate surface area is 135 Å². The zero-order valence-electron chi connectivity index (χ0n) is 12.5. The largest absolute Gasteiger partial charge is 0.371 e. The highest BCUT2D eigenvalue weighted by atomic mass is 32.2. The van der Waals surface area contributed by atoms with E-state index in [1.807, 2.05) is 6.07 Å². The summed E-state index contributed by atoms with van der Waals surface area (Å²) >= 11 is 0. The lowest BCUT2D eigenvalue weighted by Gasteiger charge is -2.33. The van der Waals surface area contributed by atoms with Crippen molar-refractivity contribution in [2.24, 2.45) is 0 Å². The van der Waals surface area contributed by atoms with Gasteiger partial charge in [0.05, 0.1) is 0 Å². The molecule has 1 aromatic heterocycles. The lowest BCUT2D eigenvalue weighted by molar-refractivity contribution is 0.459. The molecule has 0 spiro atoms. The molecule has 0 amide bonds. The van der Waals surface area contributed by atoms with Crippen molar-refractivity contribution in [2.75, 3.05) is 18.0 Å². The Morgan fingerprint density at radius 1 is 1.17 bits per heavy atom. The van der Waals surface area contributed by atoms with Crippen molar-refractivity contribution in [1.29, 1.82) is 0 Å². The summed E-state index contributed by atoms with van der Waals surface area (Å²) < 4.78 is 40.6. The molecule has 0 bridgehead atoms. The summed E-state index contributed by atoms with van der Waals surface area (Å²) in [4.78, 5) is 6.08. The minimum Gasteiger partial charge on any atom is -0.371 e. The Balaban J connectivity index is 1.61. The lowest BCUT2D eigenvalue weighted by Crippen LogP contribution is -2.44. The van der Waals surface area contributed by atoms with Gasteiger partial charge in [-0.05, 0) is 43.2 Å². The average Bonchev–Trinajstić information content (AvgIpc) is 2.56. The molecule has 2 heterocycles. The van der Waals surface area contributed by atoms with Crippen LogP contribution in [0.3, 0.4) is 0 Å². The average molecular weight is 335 g/mol. The fourth-order valence-corrected chi connectivity index (χ4v) is 3.99. The number of aromatic nitrogens is 1. The van der Waals surface area contributed by atoms with Crippen LogP contribution < -0.4 is 9.62 Å². The molecule has 0 atom stereocenters. The number of halogens is 1. The van der Waals surface area contributed by atoms with Gasteiger partial charge in [-0.2, -0.15) is 0 Å². The third-order valence-corrected chi connectivity index (χ3v) is 5.44. The number of nitrogens with one attached hydrogen (secondary N) is 1. The van der Waals surface area contributed by atoms with Crippen LogP contribution in [0.15, 0.2) is 53.7 Å². The van der Waals surface area contributed by atoms with Crippen molar-refractivity contribution in [3.05, 3.63) is 54.6 Å². The van der Waals surface area contributed by atoms with Gasteiger partial charge in [-0.15, -0.1) is 0 Å². The molecule has 0 radical (unpaired) electrons. The summed E-state index contributed by atoms with van der Waals surface area (Å²) in [5.41, 5.74) is 0.832. The van der Waals surface area contributed by atoms with Crippen LogP contribution in [-0.2, 0) is 10.0 Å². The Morgan fingerprint density at radius 2 is 1.96 bits per heavy atom. The first-order chi connectivity index (χ1) is 11.0. The summed E-state index contributed by atoms with van der Waals surface area (Å²) in [7, 11) is -3.54. The molecule has 5 nitrogen and oxygen atoms in total. The van der Waals surface area contributed by atoms with Gasteiger partial charge in [0.2, 0.25) is 10.0 Å². The highest BCUT2D eigenvalue weighted by Gasteiger charge is 2.24. The molecule has 3 rings (SSSR count). The zero-order chi connectivity index (χ0) is 16.3. The van der Waals surface area contributed by atoms with Crippen molar-refractivity contribution < 1.29 is 12.8 Å². The van der Waals surface area contributed by atoms with Crippen LogP contribution in [-0.4, -0.2) is 32.5 Å². The van der Waals surface area contributed by atoms with Gasteiger partial charge in [-0.25, -0.2) is 17.5 Å². The van der Waals surface area contributed by atoms with E-state index in [1.54, 1.807) is 12.1 Å². The normalized spacial score (nSPS) is 16.5. The molecule has 1 aliphatic heterocycles. The molecule has 1 saturated heterocycles. The Kier molecular flexibility index (Phi) is 4.58. The molecule has 0 saturated carbocycles. The maximum absolute atomic E-state index is 13.3. The van der Waals surface area contributed by atoms with Crippen LogP contribution in [0.2, 0.25) is 0 Å². The van der Waals surface area contributed by atoms with Crippen molar-refractivity contribution in [3.63, 3.8) is 0 Å². The maximum atomic E-state index is 13.3. The lowest BCUT2D eigenvalue weighted by atomic mass is 10.1. The quantitative estimate of drug-likeness (QED) is 0.930. The van der Waals surface area contributed by atoms with Gasteiger partial charge in [-0.3, -0.25) is 4.98 Å². The molecule has 2 aromatic rings. The molecule has 7 heteroatoms. The molecular formula is C16H18FN3O2S. The van der Waals surface area contributed by atoms with Crippen LogP contribution in [0.4, 0.5) is 10.1 Å². The number of pyridine rings is 1. The minimum absolute atomic E-state index is 0.120. The second kappa shape index (κ2) is 6.64. The van der Waals surface area contributed by atoms with Gasteiger partial charge in [0.1, 0.15) is 10.7 Å². The third-order valence-electron chi connectivity index (χ3n) is 3.93. The number of sulfonamides is 1. The maximum Gasteiger partial charge on any atom is 0.242 e. The fraction of sp³-hybridized carbons (Fsp3) is 0.312. The number of nitrogens with zero attached hydrogens (tertiary/aromatic N) is 2. The Morgan fingerprint density at radius 3 is 2.61 bits per heavy atom. The van der Waals surface area contributed by atoms with Crippen LogP contribution >= 0.6 is 0 Å². The summed E-state index contributed by atoms with van der Waals surface area (Å²) in [6.07, 6.45) is 4.23. The summed E-state index contributed by atoms with van der Waals surface area (Å²) in [5, 5.41) is 0. The highest BCUT2D eigenvalue weighted by molar-refractivity contribution is 7.89. The van der Waals surface area contributed by atoms with Gasteiger partial charge in [0.25, 0.3) is 0 Å². The zero-order valence-corrected chi connectivity index (χ0v) is 13.3. The van der Waals surface area contributed by atoms with Gasteiger partial charge in [0, 0.05) is 37.2 Å². The molecule has 1 N–H and O–H groups in total. The molecular weight excluding hydrogens is 317 g/mol. The summed E-state index contributed by atoms with van der Waals surface area (Å²) in [6, 6.07) is 9.46. The van der Waals surface area contributed by atoms with Crippen LogP contribution in [0.25, 0.3) is 0 Å². The van der Waals surface area contributed by atoms with E-state index in [0.717, 1.165) is 5.69 Å². The monoisotopic (exact) mass is 335 g/mol. The molecule has 0 aliphatic carbocycles. The molecule has 1 aromatic carbocycles. The van der Waals surface area contributed by atoms with Gasteiger partial charge < -0.3 is 4.90 Å². The van der Waals surface area contributed by atoms with Crippen LogP contribution in [0.5, 0.6) is 0 Å². The second-order valence-electron chi connectivity index (χ2n) is 5.55. The van der Waals surface area contributed by atoms with Crippen molar-refractivity contribution in [2.45, 2.75) is 23.8 Å². The smallest absolute Gasteiger partial charge is 0.242 e. The standard InChI is InChI=1S/C16H18FN3O2S/c17-13-3-1-4-15(11-13)20-9-6-14(7-10-20)19-23(21,22)16-5-2-8-18-12-16/h1-5,8,11-12,14,19H,6-7,9-10H2. The van der Waals surface area contributed by atoms with Crippen LogP contribution in [0, 0.1) is 5.82 Å². The first-order valence-corrected chi connectivity index (χ1v) is 8.96. The molecule has 0 unspecified atom stereocenters. The van der Waals surface area contributed by atoms with Crippen molar-refractivity contribution >= 4 is 15.7 Å². The van der Waals surface area contributed by atoms with E-state index in [2.05, 4.69) is 14.6 Å².